The van der Waals surface area contributed by atoms with E-state index in [1.807, 2.05) is 48.4 Å². The van der Waals surface area contributed by atoms with Crippen molar-refractivity contribution >= 4 is 28.7 Å². The van der Waals surface area contributed by atoms with Crippen LogP contribution in [0.15, 0.2) is 54.7 Å². The SMILES string of the molecule is CC(C)(C)OC(=O)N1Cc2nc(-c3ccc4ccccc4c3)n(-c3ccnc(N[C@H]4CCN(C(=O)C5CC5)C4)n3)c2C1. The van der Waals surface area contributed by atoms with Crippen LogP contribution in [0, 0.1) is 5.92 Å². The summed E-state index contributed by atoms with van der Waals surface area (Å²) in [6.07, 6.45) is 4.26. The Morgan fingerprint density at radius 3 is 2.55 bits per heavy atom. The van der Waals surface area contributed by atoms with Gasteiger partial charge in [-0.1, -0.05) is 36.4 Å². The second-order valence-electron chi connectivity index (χ2n) is 12.5. The summed E-state index contributed by atoms with van der Waals surface area (Å²) in [5, 5.41) is 5.73. The number of fused-ring (bicyclic) bond motifs is 2. The monoisotopic (exact) mass is 565 g/mol. The second kappa shape index (κ2) is 10.1. The molecule has 3 aliphatic rings. The van der Waals surface area contributed by atoms with Crippen molar-refractivity contribution in [2.24, 2.45) is 5.92 Å². The summed E-state index contributed by atoms with van der Waals surface area (Å²) in [5.74, 6) is 2.44. The van der Waals surface area contributed by atoms with Gasteiger partial charge < -0.3 is 15.0 Å². The fraction of sp³-hybridized carbons (Fsp3) is 0.406. The maximum atomic E-state index is 12.9. The van der Waals surface area contributed by atoms with Gasteiger partial charge in [0.2, 0.25) is 11.9 Å². The quantitative estimate of drug-likeness (QED) is 0.357. The van der Waals surface area contributed by atoms with Crippen LogP contribution in [-0.2, 0) is 22.6 Å². The van der Waals surface area contributed by atoms with Gasteiger partial charge in [-0.2, -0.15) is 4.98 Å². The third kappa shape index (κ3) is 5.17. The van der Waals surface area contributed by atoms with Crippen molar-refractivity contribution in [3.63, 3.8) is 0 Å². The van der Waals surface area contributed by atoms with Crippen molar-refractivity contribution in [2.45, 2.75) is 64.8 Å². The molecule has 1 saturated carbocycles. The normalized spacial score (nSPS) is 18.4. The Hall–Kier alpha value is -4.47. The summed E-state index contributed by atoms with van der Waals surface area (Å²) >= 11 is 0. The first-order valence-corrected chi connectivity index (χ1v) is 14.7. The fourth-order valence-corrected chi connectivity index (χ4v) is 5.82. The lowest BCUT2D eigenvalue weighted by molar-refractivity contribution is -0.131. The highest BCUT2D eigenvalue weighted by Crippen LogP contribution is 2.34. The van der Waals surface area contributed by atoms with Crippen LogP contribution < -0.4 is 5.32 Å². The van der Waals surface area contributed by atoms with Crippen LogP contribution >= 0.6 is 0 Å². The standard InChI is InChI=1S/C32H35N7O3/c1-32(2,3)42-31(41)38-18-25-26(19-38)39(28(35-25)23-11-8-20-6-4-5-7-22(20)16-23)27-12-14-33-30(36-27)34-24-13-15-37(17-24)29(40)21-9-10-21/h4-8,11-12,14,16,21,24H,9-10,13,15,17-19H2,1-3H3,(H,33,34,36)/t24-/m0/s1. The van der Waals surface area contributed by atoms with Gasteiger partial charge in [-0.15, -0.1) is 0 Å². The molecular formula is C32H35N7O3. The van der Waals surface area contributed by atoms with E-state index in [-0.39, 0.29) is 24.0 Å². The molecule has 10 nitrogen and oxygen atoms in total. The third-order valence-corrected chi connectivity index (χ3v) is 8.03. The number of carbonyl (C=O) groups is 2. The fourth-order valence-electron chi connectivity index (χ4n) is 5.82. The van der Waals surface area contributed by atoms with Crippen molar-refractivity contribution in [3.05, 3.63) is 66.1 Å². The zero-order valence-electron chi connectivity index (χ0n) is 24.2. The lowest BCUT2D eigenvalue weighted by Crippen LogP contribution is -2.33. The number of hydrogen-bond donors (Lipinski definition) is 1. The number of carbonyl (C=O) groups excluding carboxylic acids is 2. The van der Waals surface area contributed by atoms with Crippen molar-refractivity contribution in [3.8, 4) is 17.2 Å². The van der Waals surface area contributed by atoms with Gasteiger partial charge >= 0.3 is 6.09 Å². The van der Waals surface area contributed by atoms with E-state index < -0.39 is 5.60 Å². The highest BCUT2D eigenvalue weighted by atomic mass is 16.6. The topological polar surface area (TPSA) is 105 Å². The number of anilines is 1. The summed E-state index contributed by atoms with van der Waals surface area (Å²) in [7, 11) is 0. The number of benzene rings is 2. The highest BCUT2D eigenvalue weighted by molar-refractivity contribution is 5.86. The predicted octanol–water partition coefficient (Wildman–Crippen LogP) is 5.16. The molecule has 4 heterocycles. The van der Waals surface area contributed by atoms with Crippen LogP contribution in [0.2, 0.25) is 0 Å². The van der Waals surface area contributed by atoms with Gasteiger partial charge in [-0.25, -0.2) is 14.8 Å². The molecule has 2 aromatic heterocycles. The van der Waals surface area contributed by atoms with Gasteiger partial charge in [0.1, 0.15) is 17.2 Å². The Kier molecular flexibility index (Phi) is 6.36. The molecule has 1 aliphatic carbocycles. The van der Waals surface area contributed by atoms with Crippen molar-refractivity contribution in [2.75, 3.05) is 18.4 Å². The molecule has 2 fully saturated rings. The minimum atomic E-state index is -0.588. The molecular weight excluding hydrogens is 530 g/mol. The van der Waals surface area contributed by atoms with E-state index in [2.05, 4.69) is 40.6 Å². The summed E-state index contributed by atoms with van der Waals surface area (Å²) in [5.41, 5.74) is 2.10. The molecule has 0 radical (unpaired) electrons. The Balaban J connectivity index is 1.21. The van der Waals surface area contributed by atoms with E-state index in [1.165, 1.54) is 0 Å². The lowest BCUT2D eigenvalue weighted by Gasteiger charge is -2.24. The van der Waals surface area contributed by atoms with Crippen LogP contribution in [-0.4, -0.2) is 66.1 Å². The smallest absolute Gasteiger partial charge is 0.410 e. The van der Waals surface area contributed by atoms with Crippen molar-refractivity contribution in [1.29, 1.82) is 0 Å². The maximum Gasteiger partial charge on any atom is 0.410 e. The third-order valence-electron chi connectivity index (χ3n) is 8.03. The van der Waals surface area contributed by atoms with Crippen LogP contribution in [0.5, 0.6) is 0 Å². The molecule has 1 saturated heterocycles. The van der Waals surface area contributed by atoms with Crippen LogP contribution in [0.25, 0.3) is 28.0 Å². The Bertz CT molecular complexity index is 1690. The van der Waals surface area contributed by atoms with Crippen LogP contribution in [0.1, 0.15) is 51.4 Å². The van der Waals surface area contributed by atoms with E-state index in [0.29, 0.717) is 31.4 Å². The largest absolute Gasteiger partial charge is 0.444 e. The van der Waals surface area contributed by atoms with E-state index in [0.717, 1.165) is 59.4 Å². The van der Waals surface area contributed by atoms with Gasteiger partial charge in [0.15, 0.2) is 0 Å². The van der Waals surface area contributed by atoms with E-state index in [4.69, 9.17) is 14.7 Å². The predicted molar refractivity (Wildman–Crippen MR) is 159 cm³/mol. The summed E-state index contributed by atoms with van der Waals surface area (Å²) in [6, 6.07) is 16.5. The molecule has 1 N–H and O–H groups in total. The van der Waals surface area contributed by atoms with Crippen molar-refractivity contribution < 1.29 is 14.3 Å². The van der Waals surface area contributed by atoms with Gasteiger partial charge in [-0.3, -0.25) is 14.3 Å². The molecule has 4 aromatic rings. The Labute approximate surface area is 244 Å². The van der Waals surface area contributed by atoms with Gasteiger partial charge in [-0.05, 0) is 62.9 Å². The second-order valence-corrected chi connectivity index (χ2v) is 12.5. The molecule has 2 amide bonds. The molecule has 0 bridgehead atoms. The average molecular weight is 566 g/mol. The zero-order chi connectivity index (χ0) is 29.0. The number of nitrogens with zero attached hydrogens (tertiary/aromatic N) is 6. The van der Waals surface area contributed by atoms with Crippen molar-refractivity contribution in [1.82, 2.24) is 29.3 Å². The number of amides is 2. The number of likely N-dealkylation sites (tertiary alicyclic amines) is 1. The number of imidazole rings is 1. The first-order valence-electron chi connectivity index (χ1n) is 14.7. The molecule has 10 heteroatoms. The van der Waals surface area contributed by atoms with Gasteiger partial charge in [0.05, 0.1) is 24.5 Å². The molecule has 2 aliphatic heterocycles. The number of nitrogens with one attached hydrogen (secondary N) is 1. The molecule has 42 heavy (non-hydrogen) atoms. The summed E-state index contributed by atoms with van der Waals surface area (Å²) in [4.78, 5) is 43.6. The van der Waals surface area contributed by atoms with Gasteiger partial charge in [0.25, 0.3) is 0 Å². The molecule has 216 valence electrons. The number of ether oxygens (including phenoxy) is 1. The summed E-state index contributed by atoms with van der Waals surface area (Å²) < 4.78 is 7.69. The molecule has 0 unspecified atom stereocenters. The lowest BCUT2D eigenvalue weighted by atomic mass is 10.1. The number of rotatable bonds is 5. The first kappa shape index (κ1) is 26.4. The molecule has 7 rings (SSSR count). The maximum absolute atomic E-state index is 12.9. The minimum absolute atomic E-state index is 0.0964. The molecule has 1 atom stereocenters. The van der Waals surface area contributed by atoms with E-state index >= 15 is 0 Å². The highest BCUT2D eigenvalue weighted by Gasteiger charge is 2.37. The van der Waals surface area contributed by atoms with Crippen LogP contribution in [0.4, 0.5) is 10.7 Å². The number of aromatic nitrogens is 4. The molecule has 2 aromatic carbocycles. The summed E-state index contributed by atoms with van der Waals surface area (Å²) in [6.45, 7) is 7.74. The van der Waals surface area contributed by atoms with Gasteiger partial charge in [0, 0.05) is 36.8 Å². The molecule has 0 spiro atoms. The zero-order valence-corrected chi connectivity index (χ0v) is 24.2. The first-order chi connectivity index (χ1) is 20.2. The Morgan fingerprint density at radius 1 is 0.952 bits per heavy atom. The van der Waals surface area contributed by atoms with E-state index in [9.17, 15) is 9.59 Å². The minimum Gasteiger partial charge on any atom is -0.444 e. The van der Waals surface area contributed by atoms with Crippen LogP contribution in [0.3, 0.4) is 0 Å². The number of hydrogen-bond acceptors (Lipinski definition) is 7. The average Bonchev–Trinajstić information content (AvgIpc) is 3.40. The Morgan fingerprint density at radius 2 is 1.76 bits per heavy atom. The van der Waals surface area contributed by atoms with E-state index in [1.54, 1.807) is 11.1 Å².